The Hall–Kier alpha value is -1.52. The van der Waals surface area contributed by atoms with Gasteiger partial charge in [0.2, 0.25) is 5.91 Å². The van der Waals surface area contributed by atoms with Crippen molar-refractivity contribution in [3.8, 4) is 0 Å². The van der Waals surface area contributed by atoms with Crippen molar-refractivity contribution in [3.63, 3.8) is 0 Å². The Balaban J connectivity index is 2.92. The summed E-state index contributed by atoms with van der Waals surface area (Å²) in [5.74, 6) is -3.68. The number of rotatable bonds is 3. The molecular formula is C12H14F3NO. The van der Waals surface area contributed by atoms with Crippen LogP contribution in [0.1, 0.15) is 19.4 Å². The minimum Gasteiger partial charge on any atom is -0.341 e. The van der Waals surface area contributed by atoms with Crippen molar-refractivity contribution < 1.29 is 18.0 Å². The van der Waals surface area contributed by atoms with E-state index in [4.69, 9.17) is 0 Å². The molecule has 0 saturated heterocycles. The molecule has 0 spiro atoms. The number of benzene rings is 1. The predicted octanol–water partition coefficient (Wildman–Crippen LogP) is 2.72. The van der Waals surface area contributed by atoms with Crippen LogP contribution in [-0.4, -0.2) is 17.9 Å². The van der Waals surface area contributed by atoms with Gasteiger partial charge in [-0.2, -0.15) is 0 Å². The fraction of sp³-hybridized carbons (Fsp3) is 0.417. The van der Waals surface area contributed by atoms with E-state index in [9.17, 15) is 18.0 Å². The Kier molecular flexibility index (Phi) is 4.15. The first-order chi connectivity index (χ1) is 7.82. The lowest BCUT2D eigenvalue weighted by Crippen LogP contribution is -2.30. The third-order valence-electron chi connectivity index (χ3n) is 2.35. The quantitative estimate of drug-likeness (QED) is 0.750. The zero-order valence-corrected chi connectivity index (χ0v) is 9.93. The molecule has 0 aliphatic heterocycles. The number of carbonyl (C=O) groups excluding carboxylic acids is 1. The Morgan fingerprint density at radius 1 is 1.29 bits per heavy atom. The molecule has 0 unspecified atom stereocenters. The maximum Gasteiger partial charge on any atom is 0.225 e. The number of hydrogen-bond acceptors (Lipinski definition) is 1. The van der Waals surface area contributed by atoms with Crippen molar-refractivity contribution in [2.45, 2.75) is 20.4 Å². The summed E-state index contributed by atoms with van der Waals surface area (Å²) < 4.78 is 39.2. The summed E-state index contributed by atoms with van der Waals surface area (Å²) in [6.07, 6.45) is 0. The van der Waals surface area contributed by atoms with Gasteiger partial charge in [-0.3, -0.25) is 4.79 Å². The first-order valence-corrected chi connectivity index (χ1v) is 5.21. The van der Waals surface area contributed by atoms with Crippen molar-refractivity contribution in [2.24, 2.45) is 5.92 Å². The molecule has 94 valence electrons. The van der Waals surface area contributed by atoms with E-state index in [0.29, 0.717) is 6.07 Å². The monoisotopic (exact) mass is 245 g/mol. The van der Waals surface area contributed by atoms with Crippen LogP contribution in [-0.2, 0) is 11.3 Å². The fourth-order valence-electron chi connectivity index (χ4n) is 1.50. The maximum atomic E-state index is 13.3. The Bertz CT molecular complexity index is 432. The summed E-state index contributed by atoms with van der Waals surface area (Å²) in [5.41, 5.74) is -0.168. The maximum absolute atomic E-state index is 13.3. The van der Waals surface area contributed by atoms with Gasteiger partial charge in [-0.05, 0) is 6.07 Å². The molecule has 2 nitrogen and oxygen atoms in total. The van der Waals surface area contributed by atoms with Crippen LogP contribution in [0, 0.1) is 23.4 Å². The van der Waals surface area contributed by atoms with Crippen LogP contribution in [0.15, 0.2) is 12.1 Å². The summed E-state index contributed by atoms with van der Waals surface area (Å²) in [6.45, 7) is 3.24. The molecule has 0 heterocycles. The van der Waals surface area contributed by atoms with Crippen molar-refractivity contribution in [1.29, 1.82) is 0 Å². The second-order valence-electron chi connectivity index (χ2n) is 4.21. The molecule has 5 heteroatoms. The van der Waals surface area contributed by atoms with Crippen molar-refractivity contribution >= 4 is 5.91 Å². The van der Waals surface area contributed by atoms with Gasteiger partial charge in [-0.15, -0.1) is 0 Å². The molecule has 1 rings (SSSR count). The first kappa shape index (κ1) is 13.5. The molecular weight excluding hydrogens is 231 g/mol. The van der Waals surface area contributed by atoms with E-state index in [1.807, 2.05) is 0 Å². The topological polar surface area (TPSA) is 20.3 Å². The molecule has 0 aromatic heterocycles. The molecule has 0 bridgehead atoms. The fourth-order valence-corrected chi connectivity index (χ4v) is 1.50. The van der Waals surface area contributed by atoms with Crippen molar-refractivity contribution in [1.82, 2.24) is 4.90 Å². The molecule has 0 aliphatic rings. The average molecular weight is 245 g/mol. The van der Waals surface area contributed by atoms with E-state index in [-0.39, 0.29) is 23.9 Å². The third-order valence-corrected chi connectivity index (χ3v) is 2.35. The van der Waals surface area contributed by atoms with Gasteiger partial charge in [0.05, 0.1) is 0 Å². The molecule has 0 N–H and O–H groups in total. The number of hydrogen-bond donors (Lipinski definition) is 0. The normalized spacial score (nSPS) is 10.8. The largest absolute Gasteiger partial charge is 0.341 e. The van der Waals surface area contributed by atoms with Crippen LogP contribution < -0.4 is 0 Å². The number of amides is 1. The van der Waals surface area contributed by atoms with E-state index in [1.165, 1.54) is 11.9 Å². The highest BCUT2D eigenvalue weighted by atomic mass is 19.2. The Morgan fingerprint density at radius 3 is 2.41 bits per heavy atom. The lowest BCUT2D eigenvalue weighted by atomic mass is 10.1. The SMILES string of the molecule is CC(C)C(=O)N(C)Cc1cc(F)cc(F)c1F. The van der Waals surface area contributed by atoms with Gasteiger partial charge in [0, 0.05) is 31.1 Å². The lowest BCUT2D eigenvalue weighted by molar-refractivity contribution is -0.133. The van der Waals surface area contributed by atoms with Crippen molar-refractivity contribution in [2.75, 3.05) is 7.05 Å². The van der Waals surface area contributed by atoms with Crippen LogP contribution in [0.5, 0.6) is 0 Å². The zero-order valence-electron chi connectivity index (χ0n) is 9.93. The molecule has 1 aromatic carbocycles. The number of nitrogens with zero attached hydrogens (tertiary/aromatic N) is 1. The summed E-state index contributed by atoms with van der Waals surface area (Å²) >= 11 is 0. The average Bonchev–Trinajstić information content (AvgIpc) is 2.23. The zero-order chi connectivity index (χ0) is 13.2. The Labute approximate surface area is 98.0 Å². The van der Waals surface area contributed by atoms with Crippen LogP contribution in [0.4, 0.5) is 13.2 Å². The second kappa shape index (κ2) is 5.21. The van der Waals surface area contributed by atoms with E-state index < -0.39 is 17.5 Å². The van der Waals surface area contributed by atoms with E-state index in [1.54, 1.807) is 13.8 Å². The summed E-state index contributed by atoms with van der Waals surface area (Å²) in [4.78, 5) is 12.8. The van der Waals surface area contributed by atoms with Gasteiger partial charge in [0.15, 0.2) is 11.6 Å². The highest BCUT2D eigenvalue weighted by Crippen LogP contribution is 2.16. The van der Waals surface area contributed by atoms with Gasteiger partial charge < -0.3 is 4.90 Å². The molecule has 1 aromatic rings. The molecule has 0 radical (unpaired) electrons. The highest BCUT2D eigenvalue weighted by molar-refractivity contribution is 5.77. The standard InChI is InChI=1S/C12H14F3NO/c1-7(2)12(17)16(3)6-8-4-9(13)5-10(14)11(8)15/h4-5,7H,6H2,1-3H3. The van der Waals surface area contributed by atoms with E-state index >= 15 is 0 Å². The first-order valence-electron chi connectivity index (χ1n) is 5.21. The molecule has 0 atom stereocenters. The van der Waals surface area contributed by atoms with Crippen LogP contribution >= 0.6 is 0 Å². The molecule has 0 saturated carbocycles. The number of halogens is 3. The van der Waals surface area contributed by atoms with Crippen LogP contribution in [0.25, 0.3) is 0 Å². The molecule has 0 aliphatic carbocycles. The summed E-state index contributed by atoms with van der Waals surface area (Å²) in [5, 5.41) is 0. The van der Waals surface area contributed by atoms with Gasteiger partial charge >= 0.3 is 0 Å². The van der Waals surface area contributed by atoms with Gasteiger partial charge in [-0.1, -0.05) is 13.8 Å². The summed E-state index contributed by atoms with van der Waals surface area (Å²) in [6, 6.07) is 1.37. The van der Waals surface area contributed by atoms with E-state index in [2.05, 4.69) is 0 Å². The Morgan fingerprint density at radius 2 is 1.88 bits per heavy atom. The third kappa shape index (κ3) is 3.22. The molecule has 1 amide bonds. The van der Waals surface area contributed by atoms with Gasteiger partial charge in [0.25, 0.3) is 0 Å². The minimum atomic E-state index is -1.25. The molecule has 0 fully saturated rings. The second-order valence-corrected chi connectivity index (χ2v) is 4.21. The van der Waals surface area contributed by atoms with Gasteiger partial charge in [0.1, 0.15) is 5.82 Å². The van der Waals surface area contributed by atoms with Crippen LogP contribution in [0.3, 0.4) is 0 Å². The smallest absolute Gasteiger partial charge is 0.225 e. The molecule has 17 heavy (non-hydrogen) atoms. The predicted molar refractivity (Wildman–Crippen MR) is 57.6 cm³/mol. The highest BCUT2D eigenvalue weighted by Gasteiger charge is 2.17. The minimum absolute atomic E-state index is 0.155. The van der Waals surface area contributed by atoms with E-state index in [0.717, 1.165) is 6.07 Å². The summed E-state index contributed by atoms with van der Waals surface area (Å²) in [7, 11) is 1.46. The van der Waals surface area contributed by atoms with Crippen LogP contribution in [0.2, 0.25) is 0 Å². The number of carbonyl (C=O) groups is 1. The lowest BCUT2D eigenvalue weighted by Gasteiger charge is -2.19. The van der Waals surface area contributed by atoms with Gasteiger partial charge in [-0.25, -0.2) is 13.2 Å². The van der Waals surface area contributed by atoms with Crippen molar-refractivity contribution in [3.05, 3.63) is 35.1 Å².